The van der Waals surface area contributed by atoms with Crippen molar-refractivity contribution in [1.82, 2.24) is 0 Å². The Morgan fingerprint density at radius 2 is 2.27 bits per heavy atom. The smallest absolute Gasteiger partial charge is 0.129 e. The maximum Gasteiger partial charge on any atom is 0.129 e. The summed E-state index contributed by atoms with van der Waals surface area (Å²) in [6.45, 7) is 4.92. The van der Waals surface area contributed by atoms with Gasteiger partial charge in [0.25, 0.3) is 0 Å². The fraction of sp³-hybridized carbons (Fsp3) is 0.417. The van der Waals surface area contributed by atoms with Gasteiger partial charge in [-0.1, -0.05) is 0 Å². The van der Waals surface area contributed by atoms with Gasteiger partial charge in [0.1, 0.15) is 12.0 Å². The lowest BCUT2D eigenvalue weighted by Crippen LogP contribution is -2.29. The molecule has 0 saturated carbocycles. The zero-order valence-electron chi connectivity index (χ0n) is 8.97. The third kappa shape index (κ3) is 1.58. The maximum atomic E-state index is 10.9. The molecule has 0 radical (unpaired) electrons. The zero-order chi connectivity index (χ0) is 11.0. The predicted molar refractivity (Wildman–Crippen MR) is 59.4 cm³/mol. The van der Waals surface area contributed by atoms with E-state index in [1.807, 2.05) is 6.07 Å². The molecule has 1 unspecified atom stereocenters. The highest BCUT2D eigenvalue weighted by atomic mass is 16.3. The number of phenolic OH excluding ortho intramolecular Hbond substituents is 1. The summed E-state index contributed by atoms with van der Waals surface area (Å²) < 4.78 is 0. The number of rotatable bonds is 2. The fourth-order valence-electron chi connectivity index (χ4n) is 2.11. The van der Waals surface area contributed by atoms with E-state index < -0.39 is 0 Å². The highest BCUT2D eigenvalue weighted by molar-refractivity contribution is 5.75. The van der Waals surface area contributed by atoms with Gasteiger partial charge in [-0.25, -0.2) is 0 Å². The molecule has 1 atom stereocenters. The van der Waals surface area contributed by atoms with Crippen LogP contribution in [0.15, 0.2) is 18.2 Å². The number of hydrogen-bond donors (Lipinski definition) is 1. The Balaban J connectivity index is 2.47. The van der Waals surface area contributed by atoms with Crippen LogP contribution in [-0.4, -0.2) is 24.0 Å². The summed E-state index contributed by atoms with van der Waals surface area (Å²) in [7, 11) is 0. The minimum atomic E-state index is -0.102. The van der Waals surface area contributed by atoms with Crippen LogP contribution in [0, 0.1) is 0 Å². The van der Waals surface area contributed by atoms with Crippen LogP contribution >= 0.6 is 0 Å². The lowest BCUT2D eigenvalue weighted by atomic mass is 10.0. The van der Waals surface area contributed by atoms with Crippen molar-refractivity contribution in [2.75, 3.05) is 11.4 Å². The first kappa shape index (κ1) is 10.0. The van der Waals surface area contributed by atoms with E-state index >= 15 is 0 Å². The molecule has 15 heavy (non-hydrogen) atoms. The first-order chi connectivity index (χ1) is 7.13. The maximum absolute atomic E-state index is 10.9. The van der Waals surface area contributed by atoms with Crippen molar-refractivity contribution in [1.29, 1.82) is 0 Å². The van der Waals surface area contributed by atoms with Crippen LogP contribution in [0.1, 0.15) is 25.3 Å². The monoisotopic (exact) mass is 205 g/mol. The van der Waals surface area contributed by atoms with Gasteiger partial charge in [-0.05, 0) is 37.6 Å². The molecule has 1 aliphatic heterocycles. The van der Waals surface area contributed by atoms with Gasteiger partial charge in [-0.2, -0.15) is 0 Å². The number of carbonyl (C=O) groups excluding carboxylic acids is 1. The van der Waals surface area contributed by atoms with E-state index in [0.717, 1.165) is 24.1 Å². The summed E-state index contributed by atoms with van der Waals surface area (Å²) in [5.41, 5.74) is 2.01. The SMILES string of the molecule is CC(C)N1CC(C=O)c2cc(O)ccc21. The second-order valence-corrected chi connectivity index (χ2v) is 4.23. The molecule has 0 spiro atoms. The lowest BCUT2D eigenvalue weighted by molar-refractivity contribution is -0.108. The number of fused-ring (bicyclic) bond motifs is 1. The molecule has 0 aliphatic carbocycles. The Bertz CT molecular complexity index is 387. The largest absolute Gasteiger partial charge is 0.508 e. The normalized spacial score (nSPS) is 19.4. The standard InChI is InChI=1S/C12H15NO2/c1-8(2)13-6-9(7-14)11-5-10(15)3-4-12(11)13/h3-5,7-9,15H,6H2,1-2H3. The van der Waals surface area contributed by atoms with Crippen molar-refractivity contribution in [2.45, 2.75) is 25.8 Å². The van der Waals surface area contributed by atoms with Crippen LogP contribution in [0.2, 0.25) is 0 Å². The van der Waals surface area contributed by atoms with E-state index in [4.69, 9.17) is 0 Å². The van der Waals surface area contributed by atoms with E-state index in [-0.39, 0.29) is 11.7 Å². The molecule has 1 aromatic rings. The molecule has 0 amide bonds. The van der Waals surface area contributed by atoms with Crippen molar-refractivity contribution in [2.24, 2.45) is 0 Å². The summed E-state index contributed by atoms with van der Waals surface area (Å²) in [6, 6.07) is 5.62. The number of aromatic hydroxyl groups is 1. The Kier molecular flexibility index (Phi) is 2.39. The molecule has 80 valence electrons. The van der Waals surface area contributed by atoms with Crippen LogP contribution in [0.5, 0.6) is 5.75 Å². The minimum Gasteiger partial charge on any atom is -0.508 e. The second-order valence-electron chi connectivity index (χ2n) is 4.23. The van der Waals surface area contributed by atoms with Gasteiger partial charge in [0, 0.05) is 18.3 Å². The topological polar surface area (TPSA) is 40.5 Å². The van der Waals surface area contributed by atoms with Gasteiger partial charge in [0.15, 0.2) is 0 Å². The Morgan fingerprint density at radius 3 is 2.87 bits per heavy atom. The highest BCUT2D eigenvalue weighted by Crippen LogP contribution is 2.38. The van der Waals surface area contributed by atoms with Crippen LogP contribution < -0.4 is 4.90 Å². The van der Waals surface area contributed by atoms with Crippen LogP contribution in [0.25, 0.3) is 0 Å². The predicted octanol–water partition coefficient (Wildman–Crippen LogP) is 1.90. The number of anilines is 1. The molecule has 3 nitrogen and oxygen atoms in total. The number of hydrogen-bond acceptors (Lipinski definition) is 3. The molecule has 1 N–H and O–H groups in total. The third-order valence-electron chi connectivity index (χ3n) is 2.90. The Hall–Kier alpha value is -1.51. The quantitative estimate of drug-likeness (QED) is 0.750. The molecule has 0 saturated heterocycles. The molecule has 1 aliphatic rings. The number of benzene rings is 1. The van der Waals surface area contributed by atoms with E-state index in [2.05, 4.69) is 18.7 Å². The van der Waals surface area contributed by atoms with Crippen molar-refractivity contribution >= 4 is 12.0 Å². The molecular formula is C12H15NO2. The van der Waals surface area contributed by atoms with Gasteiger partial charge in [0.2, 0.25) is 0 Å². The van der Waals surface area contributed by atoms with Gasteiger partial charge in [-0.15, -0.1) is 0 Å². The summed E-state index contributed by atoms with van der Waals surface area (Å²) in [4.78, 5) is 13.1. The van der Waals surface area contributed by atoms with E-state index in [0.29, 0.717) is 6.04 Å². The number of nitrogens with zero attached hydrogens (tertiary/aromatic N) is 1. The van der Waals surface area contributed by atoms with Gasteiger partial charge < -0.3 is 14.8 Å². The van der Waals surface area contributed by atoms with Crippen molar-refractivity contribution in [3.8, 4) is 5.75 Å². The molecule has 2 rings (SSSR count). The van der Waals surface area contributed by atoms with E-state index in [1.165, 1.54) is 0 Å². The summed E-state index contributed by atoms with van der Waals surface area (Å²) >= 11 is 0. The van der Waals surface area contributed by atoms with Crippen molar-refractivity contribution < 1.29 is 9.90 Å². The first-order valence-electron chi connectivity index (χ1n) is 5.18. The second kappa shape index (κ2) is 3.57. The Labute approximate surface area is 89.3 Å². The molecule has 1 heterocycles. The molecule has 3 heteroatoms. The van der Waals surface area contributed by atoms with Gasteiger partial charge in [0.05, 0.1) is 5.92 Å². The molecule has 1 aromatic carbocycles. The van der Waals surface area contributed by atoms with Crippen LogP contribution in [-0.2, 0) is 4.79 Å². The third-order valence-corrected chi connectivity index (χ3v) is 2.90. The average molecular weight is 205 g/mol. The molecule has 0 fully saturated rings. The fourth-order valence-corrected chi connectivity index (χ4v) is 2.11. The van der Waals surface area contributed by atoms with E-state index in [9.17, 15) is 9.90 Å². The lowest BCUT2D eigenvalue weighted by Gasteiger charge is -2.24. The van der Waals surface area contributed by atoms with Crippen molar-refractivity contribution in [3.63, 3.8) is 0 Å². The number of phenols is 1. The average Bonchev–Trinajstić information content (AvgIpc) is 2.55. The first-order valence-corrected chi connectivity index (χ1v) is 5.18. The number of aldehydes is 1. The van der Waals surface area contributed by atoms with E-state index in [1.54, 1.807) is 12.1 Å². The summed E-state index contributed by atoms with van der Waals surface area (Å²) in [6.07, 6.45) is 0.959. The van der Waals surface area contributed by atoms with Gasteiger partial charge in [-0.3, -0.25) is 0 Å². The van der Waals surface area contributed by atoms with Crippen molar-refractivity contribution in [3.05, 3.63) is 23.8 Å². The number of carbonyl (C=O) groups is 1. The van der Waals surface area contributed by atoms with Gasteiger partial charge >= 0.3 is 0 Å². The highest BCUT2D eigenvalue weighted by Gasteiger charge is 2.29. The Morgan fingerprint density at radius 1 is 1.53 bits per heavy atom. The molecule has 0 aromatic heterocycles. The molecule has 0 bridgehead atoms. The van der Waals surface area contributed by atoms with Crippen LogP contribution in [0.4, 0.5) is 5.69 Å². The summed E-state index contributed by atoms with van der Waals surface area (Å²) in [5.74, 6) is 0.126. The zero-order valence-corrected chi connectivity index (χ0v) is 8.97. The summed E-state index contributed by atoms with van der Waals surface area (Å²) in [5, 5.41) is 9.40. The molecular weight excluding hydrogens is 190 g/mol. The van der Waals surface area contributed by atoms with Crippen LogP contribution in [0.3, 0.4) is 0 Å². The minimum absolute atomic E-state index is 0.102.